The molecule has 0 spiro atoms. The molecule has 1 aromatic heterocycles. The largest absolute Gasteiger partial charge is 0.319 e. The number of halogens is 1. The van der Waals surface area contributed by atoms with E-state index in [1.54, 1.807) is 12.4 Å². The summed E-state index contributed by atoms with van der Waals surface area (Å²) < 4.78 is 0.899. The van der Waals surface area contributed by atoms with Crippen molar-refractivity contribution in [1.82, 2.24) is 9.97 Å². The number of hydrogen-bond acceptors (Lipinski definition) is 3. The van der Waals surface area contributed by atoms with E-state index in [0.29, 0.717) is 5.41 Å². The van der Waals surface area contributed by atoms with Crippen LogP contribution in [0.4, 0.5) is 0 Å². The molecule has 1 heterocycles. The fourth-order valence-electron chi connectivity index (χ4n) is 2.17. The first kappa shape index (κ1) is 12.0. The van der Waals surface area contributed by atoms with Crippen LogP contribution >= 0.6 is 15.9 Å². The van der Waals surface area contributed by atoms with Crippen LogP contribution in [0.25, 0.3) is 0 Å². The molecule has 0 radical (unpaired) electrons. The predicted molar refractivity (Wildman–Crippen MR) is 67.8 cm³/mol. The van der Waals surface area contributed by atoms with Crippen molar-refractivity contribution in [2.45, 2.75) is 45.1 Å². The van der Waals surface area contributed by atoms with Gasteiger partial charge in [-0.1, -0.05) is 13.8 Å². The fraction of sp³-hybridized carbons (Fsp3) is 0.667. The van der Waals surface area contributed by atoms with Crippen LogP contribution in [0.5, 0.6) is 0 Å². The van der Waals surface area contributed by atoms with Gasteiger partial charge in [-0.2, -0.15) is 0 Å². The lowest BCUT2D eigenvalue weighted by Gasteiger charge is -2.40. The molecular formula is C12H18BrN3. The third-order valence-electron chi connectivity index (χ3n) is 3.56. The number of aromatic nitrogens is 2. The lowest BCUT2D eigenvalue weighted by atomic mass is 9.69. The van der Waals surface area contributed by atoms with Crippen LogP contribution in [0.1, 0.15) is 45.4 Å². The molecule has 0 bridgehead atoms. The average molecular weight is 284 g/mol. The third kappa shape index (κ3) is 2.43. The molecule has 0 amide bonds. The number of nitrogens with zero attached hydrogens (tertiary/aromatic N) is 2. The van der Waals surface area contributed by atoms with E-state index in [1.807, 2.05) is 0 Å². The molecule has 0 aliphatic heterocycles. The standard InChI is InChI=1S/C12H18BrN3/c1-11(2)3-5-12(14,6-4-11)10-15-7-9(13)8-16-10/h7-8H,3-6,14H2,1-2H3. The molecule has 16 heavy (non-hydrogen) atoms. The highest BCUT2D eigenvalue weighted by Gasteiger charge is 2.38. The minimum absolute atomic E-state index is 0.323. The van der Waals surface area contributed by atoms with Gasteiger partial charge in [0.1, 0.15) is 5.82 Å². The lowest BCUT2D eigenvalue weighted by Crippen LogP contribution is -2.43. The Balaban J connectivity index is 2.18. The number of nitrogens with two attached hydrogens (primary N) is 1. The monoisotopic (exact) mass is 283 g/mol. The molecule has 2 rings (SSSR count). The first-order valence-corrected chi connectivity index (χ1v) is 6.48. The summed E-state index contributed by atoms with van der Waals surface area (Å²) in [5.74, 6) is 0.784. The van der Waals surface area contributed by atoms with Crippen molar-refractivity contribution in [3.8, 4) is 0 Å². The van der Waals surface area contributed by atoms with Crippen LogP contribution in [0.3, 0.4) is 0 Å². The molecule has 1 fully saturated rings. The molecule has 4 heteroatoms. The minimum atomic E-state index is -0.323. The van der Waals surface area contributed by atoms with Gasteiger partial charge in [0.2, 0.25) is 0 Å². The topological polar surface area (TPSA) is 51.8 Å². The predicted octanol–water partition coefficient (Wildman–Crippen LogP) is 2.99. The van der Waals surface area contributed by atoms with Crippen LogP contribution < -0.4 is 5.73 Å². The Morgan fingerprint density at radius 2 is 1.62 bits per heavy atom. The van der Waals surface area contributed by atoms with Crippen LogP contribution in [0.2, 0.25) is 0 Å². The average Bonchev–Trinajstić information content (AvgIpc) is 2.24. The van der Waals surface area contributed by atoms with Crippen molar-refractivity contribution in [3.63, 3.8) is 0 Å². The molecular weight excluding hydrogens is 266 g/mol. The molecule has 1 aliphatic carbocycles. The van der Waals surface area contributed by atoms with Gasteiger partial charge < -0.3 is 5.73 Å². The quantitative estimate of drug-likeness (QED) is 0.862. The third-order valence-corrected chi connectivity index (χ3v) is 3.97. The van der Waals surface area contributed by atoms with E-state index < -0.39 is 0 Å². The Morgan fingerprint density at radius 1 is 1.12 bits per heavy atom. The zero-order valence-electron chi connectivity index (χ0n) is 9.83. The Morgan fingerprint density at radius 3 is 2.12 bits per heavy atom. The van der Waals surface area contributed by atoms with Crippen LogP contribution in [0, 0.1) is 5.41 Å². The Hall–Kier alpha value is -0.480. The van der Waals surface area contributed by atoms with Gasteiger partial charge in [-0.25, -0.2) is 9.97 Å². The maximum Gasteiger partial charge on any atom is 0.148 e. The lowest BCUT2D eigenvalue weighted by molar-refractivity contribution is 0.159. The summed E-state index contributed by atoms with van der Waals surface area (Å²) in [5, 5.41) is 0. The zero-order valence-corrected chi connectivity index (χ0v) is 11.4. The van der Waals surface area contributed by atoms with Crippen LogP contribution in [0.15, 0.2) is 16.9 Å². The second kappa shape index (κ2) is 4.08. The molecule has 88 valence electrons. The summed E-state index contributed by atoms with van der Waals surface area (Å²) in [4.78, 5) is 8.68. The molecule has 0 aromatic carbocycles. The highest BCUT2D eigenvalue weighted by molar-refractivity contribution is 9.10. The molecule has 1 aromatic rings. The van der Waals surface area contributed by atoms with E-state index in [4.69, 9.17) is 5.73 Å². The fourth-order valence-corrected chi connectivity index (χ4v) is 2.37. The van der Waals surface area contributed by atoms with Crippen molar-refractivity contribution in [2.24, 2.45) is 11.1 Å². The van der Waals surface area contributed by atoms with Crippen molar-refractivity contribution in [1.29, 1.82) is 0 Å². The van der Waals surface area contributed by atoms with Gasteiger partial charge in [0.05, 0.1) is 10.0 Å². The molecule has 2 N–H and O–H groups in total. The summed E-state index contributed by atoms with van der Waals surface area (Å²) in [5.41, 5.74) is 6.50. The number of hydrogen-bond donors (Lipinski definition) is 1. The van der Waals surface area contributed by atoms with E-state index in [-0.39, 0.29) is 5.54 Å². The number of rotatable bonds is 1. The van der Waals surface area contributed by atoms with Crippen LogP contribution in [-0.2, 0) is 5.54 Å². The SMILES string of the molecule is CC1(C)CCC(N)(c2ncc(Br)cn2)CC1. The van der Waals surface area contributed by atoms with Crippen molar-refractivity contribution in [3.05, 3.63) is 22.7 Å². The summed E-state index contributed by atoms with van der Waals surface area (Å²) >= 11 is 3.34. The highest BCUT2D eigenvalue weighted by atomic mass is 79.9. The second-order valence-electron chi connectivity index (χ2n) is 5.55. The molecule has 1 saturated carbocycles. The van der Waals surface area contributed by atoms with E-state index >= 15 is 0 Å². The second-order valence-corrected chi connectivity index (χ2v) is 6.46. The highest BCUT2D eigenvalue weighted by Crippen LogP contribution is 2.42. The summed E-state index contributed by atoms with van der Waals surface area (Å²) in [6.45, 7) is 4.60. The van der Waals surface area contributed by atoms with Gasteiger partial charge in [-0.05, 0) is 47.0 Å². The van der Waals surface area contributed by atoms with Gasteiger partial charge in [-0.15, -0.1) is 0 Å². The van der Waals surface area contributed by atoms with Gasteiger partial charge in [0.15, 0.2) is 0 Å². The van der Waals surface area contributed by atoms with Gasteiger partial charge >= 0.3 is 0 Å². The Bertz CT molecular complexity index is 362. The Labute approximate surface area is 105 Å². The van der Waals surface area contributed by atoms with Crippen LogP contribution in [-0.4, -0.2) is 9.97 Å². The molecule has 0 atom stereocenters. The van der Waals surface area contributed by atoms with Gasteiger partial charge in [0.25, 0.3) is 0 Å². The summed E-state index contributed by atoms with van der Waals surface area (Å²) in [7, 11) is 0. The molecule has 1 aliphatic rings. The first-order valence-electron chi connectivity index (χ1n) is 5.68. The van der Waals surface area contributed by atoms with E-state index in [9.17, 15) is 0 Å². The van der Waals surface area contributed by atoms with Crippen molar-refractivity contribution < 1.29 is 0 Å². The summed E-state index contributed by atoms with van der Waals surface area (Å²) in [6.07, 6.45) is 7.78. The van der Waals surface area contributed by atoms with Gasteiger partial charge in [-0.3, -0.25) is 0 Å². The van der Waals surface area contributed by atoms with Crippen molar-refractivity contribution >= 4 is 15.9 Å². The van der Waals surface area contributed by atoms with Crippen molar-refractivity contribution in [2.75, 3.05) is 0 Å². The maximum atomic E-state index is 6.41. The normalized spacial score (nSPS) is 23.0. The Kier molecular flexibility index (Phi) is 3.05. The van der Waals surface area contributed by atoms with E-state index in [0.717, 1.165) is 36.0 Å². The smallest absolute Gasteiger partial charge is 0.148 e. The minimum Gasteiger partial charge on any atom is -0.319 e. The van der Waals surface area contributed by atoms with E-state index in [1.165, 1.54) is 0 Å². The molecule has 0 unspecified atom stereocenters. The molecule has 3 nitrogen and oxygen atoms in total. The van der Waals surface area contributed by atoms with Gasteiger partial charge in [0, 0.05) is 12.4 Å². The van der Waals surface area contributed by atoms with E-state index in [2.05, 4.69) is 39.7 Å². The first-order chi connectivity index (χ1) is 7.41. The summed E-state index contributed by atoms with van der Waals surface area (Å²) in [6, 6.07) is 0. The molecule has 0 saturated heterocycles. The zero-order chi connectivity index (χ0) is 11.8. The maximum absolute atomic E-state index is 6.41.